The number of rotatable bonds is 24. The molecule has 130 heavy (non-hydrogen) atoms. The summed E-state index contributed by atoms with van der Waals surface area (Å²) in [6.07, 6.45) is -1.51. The Labute approximate surface area is 758 Å². The second kappa shape index (κ2) is 48.3. The number of aromatic nitrogens is 1. The van der Waals surface area contributed by atoms with Crippen LogP contribution >= 0.6 is 23.1 Å². The van der Waals surface area contributed by atoms with Crippen molar-refractivity contribution in [1.29, 1.82) is 0 Å². The molecule has 1 unspecified atom stereocenters. The summed E-state index contributed by atoms with van der Waals surface area (Å²) in [5, 5.41) is 60.8. The number of phenols is 1. The van der Waals surface area contributed by atoms with E-state index < -0.39 is 260 Å². The van der Waals surface area contributed by atoms with Gasteiger partial charge in [0.25, 0.3) is 0 Å². The van der Waals surface area contributed by atoms with Crippen LogP contribution in [-0.2, 0) is 106 Å². The third-order valence-electron chi connectivity index (χ3n) is 23.5. The lowest BCUT2D eigenvalue weighted by Crippen LogP contribution is -2.62. The molecule has 2 aromatic heterocycles. The van der Waals surface area contributed by atoms with Crippen LogP contribution in [0.4, 0.5) is 0 Å². The number of aromatic amines is 1. The number of carboxylic acid groups (broad SMARTS) is 1. The van der Waals surface area contributed by atoms with Crippen LogP contribution in [0.25, 0.3) is 21.0 Å². The first kappa shape index (κ1) is 101. The predicted octanol–water partition coefficient (Wildman–Crippen LogP) is -4.19. The molecule has 0 saturated carbocycles. The number of nitrogens with one attached hydrogen (secondary N) is 11. The van der Waals surface area contributed by atoms with Gasteiger partial charge in [0, 0.05) is 106 Å². The summed E-state index contributed by atoms with van der Waals surface area (Å²) in [6.45, 7) is 0.614. The van der Waals surface area contributed by atoms with E-state index in [1.165, 1.54) is 54.6 Å². The van der Waals surface area contributed by atoms with Crippen molar-refractivity contribution in [3.8, 4) is 5.75 Å². The number of aliphatic carboxylic acids is 1. The lowest BCUT2D eigenvalue weighted by Gasteiger charge is -2.36. The fourth-order valence-corrected chi connectivity index (χ4v) is 18.3. The minimum Gasteiger partial charge on any atom is -0.508 e. The normalized spacial score (nSPS) is 25.7. The van der Waals surface area contributed by atoms with Crippen molar-refractivity contribution in [3.63, 3.8) is 0 Å². The number of nitrogens with zero attached hydrogens (tertiary/aromatic N) is 5. The number of benzene rings is 3. The Morgan fingerprint density at radius 3 is 1.66 bits per heavy atom. The number of carbonyl (C=O) groups is 18. The van der Waals surface area contributed by atoms with E-state index in [0.29, 0.717) is 53.3 Å². The number of primary amides is 2. The van der Waals surface area contributed by atoms with Gasteiger partial charge in [-0.1, -0.05) is 88.1 Å². The molecule has 24 N–H and O–H groups in total. The number of thiophene rings is 1. The minimum absolute atomic E-state index is 0.00301. The number of unbranched alkanes of at least 4 members (excludes halogenated alkanes) is 2. The highest BCUT2D eigenvalue weighted by Gasteiger charge is 2.47. The van der Waals surface area contributed by atoms with E-state index in [1.54, 1.807) is 41.9 Å². The van der Waals surface area contributed by atoms with Gasteiger partial charge in [0.1, 0.15) is 90.3 Å². The number of fused-ring (bicyclic) bond motifs is 5. The molecular formula is C86H119N21O21S2. The van der Waals surface area contributed by atoms with Crippen molar-refractivity contribution in [2.45, 2.75) is 220 Å². The number of aromatic hydroxyl groups is 1. The maximum absolute atomic E-state index is 15.7. The number of aliphatic hydroxyl groups excluding tert-OH is 1. The van der Waals surface area contributed by atoms with E-state index in [1.807, 2.05) is 32.0 Å². The van der Waals surface area contributed by atoms with Crippen molar-refractivity contribution < 1.29 is 102 Å². The number of thioether (sulfide) groups is 1. The van der Waals surface area contributed by atoms with Crippen molar-refractivity contribution >= 4 is 150 Å². The fraction of sp³-hybridized carbons (Fsp3) is 0.535. The molecule has 4 saturated heterocycles. The van der Waals surface area contributed by atoms with Gasteiger partial charge in [-0.25, -0.2) is 0 Å². The first-order valence-electron chi connectivity index (χ1n) is 43.5. The highest BCUT2D eigenvalue weighted by atomic mass is 32.2. The molecule has 0 aliphatic carbocycles. The highest BCUT2D eigenvalue weighted by Crippen LogP contribution is 2.30. The molecule has 44 heteroatoms. The smallest absolute Gasteiger partial charge is 0.305 e. The summed E-state index contributed by atoms with van der Waals surface area (Å²) in [5.74, 6) is -18.9. The van der Waals surface area contributed by atoms with Crippen molar-refractivity contribution in [1.82, 2.24) is 82.7 Å². The van der Waals surface area contributed by atoms with E-state index in [-0.39, 0.29) is 89.6 Å². The summed E-state index contributed by atoms with van der Waals surface area (Å²) >= 11 is 2.12. The number of hydrogen-bond donors (Lipinski definition) is 19. The van der Waals surface area contributed by atoms with Gasteiger partial charge in [0.05, 0.1) is 24.8 Å². The first-order chi connectivity index (χ1) is 62.1. The number of carboxylic acids is 1. The van der Waals surface area contributed by atoms with Crippen LogP contribution in [0.1, 0.15) is 127 Å². The van der Waals surface area contributed by atoms with Gasteiger partial charge in [0.2, 0.25) is 100 Å². The quantitative estimate of drug-likeness (QED) is 0.0279. The average molecular weight is 1850 g/mol. The molecule has 6 heterocycles. The van der Waals surface area contributed by atoms with E-state index >= 15 is 28.8 Å². The topological polar surface area (TPSA) is 650 Å². The number of amides is 17. The zero-order chi connectivity index (χ0) is 94.7. The van der Waals surface area contributed by atoms with Gasteiger partial charge >= 0.3 is 5.97 Å². The Hall–Kier alpha value is -12.4. The number of carbonyl (C=O) groups excluding carboxylic acids is 17. The van der Waals surface area contributed by atoms with Crippen LogP contribution in [0.5, 0.6) is 5.75 Å². The van der Waals surface area contributed by atoms with E-state index in [9.17, 15) is 72.9 Å². The Bertz CT molecular complexity index is 4940. The van der Waals surface area contributed by atoms with Crippen LogP contribution in [0.15, 0.2) is 84.4 Å². The number of aliphatic hydroxyl groups is 1. The van der Waals surface area contributed by atoms with Crippen molar-refractivity contribution in [2.24, 2.45) is 28.7 Å². The molecule has 4 fully saturated rings. The molecular weight excluding hydrogens is 1730 g/mol. The van der Waals surface area contributed by atoms with Gasteiger partial charge in [-0.3, -0.25) is 86.3 Å². The molecule has 17 amide bonds. The van der Waals surface area contributed by atoms with E-state index in [4.69, 9.17) is 28.7 Å². The molecule has 0 bridgehead atoms. The molecule has 4 aliphatic heterocycles. The second-order valence-electron chi connectivity index (χ2n) is 32.8. The molecule has 5 aromatic rings. The predicted molar refractivity (Wildman–Crippen MR) is 476 cm³/mol. The molecule has 706 valence electrons. The Morgan fingerprint density at radius 1 is 0.515 bits per heavy atom. The number of phenolic OH excluding ortho intramolecular Hbond substituents is 1. The Balaban J connectivity index is 1.08. The zero-order valence-electron chi connectivity index (χ0n) is 73.0. The number of H-pyrrole nitrogens is 1. The molecule has 3 aromatic carbocycles. The number of likely N-dealkylation sites (N-methyl/N-ethyl adjacent to an activating group) is 2. The lowest BCUT2D eigenvalue weighted by atomic mass is 10.00. The summed E-state index contributed by atoms with van der Waals surface area (Å²) in [7, 11) is 2.71. The fourth-order valence-electron chi connectivity index (χ4n) is 16.5. The second-order valence-corrected chi connectivity index (χ2v) is 34.8. The van der Waals surface area contributed by atoms with Gasteiger partial charge in [-0.15, -0.1) is 23.1 Å². The molecule has 42 nitrogen and oxygen atoms in total. The molecule has 15 atom stereocenters. The largest absolute Gasteiger partial charge is 0.508 e. The van der Waals surface area contributed by atoms with Crippen molar-refractivity contribution in [2.75, 3.05) is 71.4 Å². The average Bonchev–Trinajstić information content (AvgIpc) is 1.28. The van der Waals surface area contributed by atoms with Crippen LogP contribution in [0.3, 0.4) is 0 Å². The van der Waals surface area contributed by atoms with Gasteiger partial charge in [-0.2, -0.15) is 0 Å². The van der Waals surface area contributed by atoms with Gasteiger partial charge in [-0.05, 0) is 110 Å². The van der Waals surface area contributed by atoms with Crippen LogP contribution in [0, 0.1) is 0 Å². The molecule has 0 spiro atoms. The molecule has 9 rings (SSSR count). The van der Waals surface area contributed by atoms with E-state index in [2.05, 4.69) is 58.2 Å². The summed E-state index contributed by atoms with van der Waals surface area (Å²) in [6, 6.07) is -2.15. The Kier molecular flexibility index (Phi) is 37.7. The zero-order valence-corrected chi connectivity index (χ0v) is 74.6. The summed E-state index contributed by atoms with van der Waals surface area (Å²) in [4.78, 5) is 269. The van der Waals surface area contributed by atoms with Crippen LogP contribution in [0.2, 0.25) is 0 Å². The van der Waals surface area contributed by atoms with Crippen molar-refractivity contribution in [3.05, 3.63) is 101 Å². The lowest BCUT2D eigenvalue weighted by molar-refractivity contribution is -0.149. The summed E-state index contributed by atoms with van der Waals surface area (Å²) in [5.41, 5.74) is 31.7. The monoisotopic (exact) mass is 1850 g/mol. The first-order valence-corrected chi connectivity index (χ1v) is 45.5. The highest BCUT2D eigenvalue weighted by molar-refractivity contribution is 8.00. The third kappa shape index (κ3) is 27.1. The van der Waals surface area contributed by atoms with Crippen LogP contribution < -0.4 is 81.8 Å². The third-order valence-corrected chi connectivity index (χ3v) is 25.5. The van der Waals surface area contributed by atoms with Gasteiger partial charge < -0.3 is 127 Å². The van der Waals surface area contributed by atoms with Gasteiger partial charge in [0.15, 0.2) is 0 Å². The number of para-hydroxylation sites is 1. The van der Waals surface area contributed by atoms with E-state index in [0.717, 1.165) is 41.4 Å². The molecule has 0 radical (unpaired) electrons. The molecule has 4 aliphatic rings. The minimum atomic E-state index is -1.89. The summed E-state index contributed by atoms with van der Waals surface area (Å²) < 4.78 is 0.827. The van der Waals surface area contributed by atoms with Crippen LogP contribution in [-0.4, -0.2) is 313 Å². The maximum atomic E-state index is 15.7. The maximum Gasteiger partial charge on any atom is 0.305 e. The standard InChI is InChI=1S/C86H119N21O21S2/c1-5-7-18-63-78(120)100-61(39-89)77(119)102-62(73(115)93-41-70(91)111)44-129-45-71(112)94-57(33-46-23-25-49(108)26-24-46)84(126)105-31-13-20-64(105)79(121)99-59(37-72(113)114)85(127)106-32-14-21-65(106)80(122)101-60(38-88)76(118)96-55(27-28-69(90)110)83(125)107-42-50(109)36-67(107)81(123)97-56(34-47-40-92-53-17-11-9-15-51(47)53)75(117)95-54(29-30-87)74(116)98-58(35-48-43-130-68-22-12-10-16-52(48)68)82(124)104(4)66(19-8-6-2)86(128)103(63)3/h9-12,15-17,22-26,40,43,50,54-67,92,108-109H,5-8,13-14,18-21,27-39,41-42,44-45,87-89H2,1-4H3,(H2,90,110)(H2,91,111)(H,93,115)(H,94,112)(H,95,117)(H,96,118)(H,97,123)(H,98,116)(H,99,121)(H,100,120)(H,101,122)(H,102,119)(H,113,114)/t50-,54+,55+,56+,57+,58+,59+,60+,61+,62+,63+,64+,65+,66+,67?/m1/s1. The number of nitrogens with two attached hydrogens (primary N) is 5. The Morgan fingerprint density at radius 2 is 1.04 bits per heavy atom. The number of hydrogen-bond acceptors (Lipinski definition) is 25. The SMILES string of the molecule is CCCC[C@H]1C(=O)N(C)[C@@H](CCCC)C(=O)N[C@@H](CN)C(=O)N[C@H](C(=O)NCC(N)=O)CSCC(=O)N[C@@H](Cc2ccc(O)cc2)C(=O)N2CCC[C@H]2C(=O)N[C@@H](CC(=O)O)C(=O)N2CCC[C@H]2C(=O)N[C@@H](CN)C(=O)N[C@@H](CCC(N)=O)C(=O)N2C[C@H](O)CC2C(=O)N[C@@H](Cc2c[nH]c3ccccc23)C(=O)N[C@@H](CCN)C(=O)N[C@@H](Cc2csc3ccccc23)C(=O)N1C.